The van der Waals surface area contributed by atoms with Crippen LogP contribution in [0.4, 0.5) is 0 Å². The van der Waals surface area contributed by atoms with Crippen LogP contribution in [0.1, 0.15) is 41.7 Å². The van der Waals surface area contributed by atoms with Crippen LogP contribution in [0.3, 0.4) is 0 Å². The Balaban J connectivity index is 2.20. The monoisotopic (exact) mass is 297 g/mol. The summed E-state index contributed by atoms with van der Waals surface area (Å²) >= 11 is 0. The second kappa shape index (κ2) is 8.35. The van der Waals surface area contributed by atoms with Crippen molar-refractivity contribution in [3.05, 3.63) is 65.7 Å². The van der Waals surface area contributed by atoms with Crippen LogP contribution in [0.5, 0.6) is 5.75 Å². The van der Waals surface area contributed by atoms with Gasteiger partial charge in [0, 0.05) is 5.56 Å². The molecule has 0 fully saturated rings. The van der Waals surface area contributed by atoms with Crippen molar-refractivity contribution in [3.63, 3.8) is 0 Å². The molecule has 0 unspecified atom stereocenters. The first-order chi connectivity index (χ1) is 10.8. The third kappa shape index (κ3) is 4.18. The molecule has 0 aliphatic rings. The molecule has 116 valence electrons. The maximum Gasteiger partial charge on any atom is 0.184 e. The molecule has 0 saturated heterocycles. The summed E-state index contributed by atoms with van der Waals surface area (Å²) in [6.07, 6.45) is 2.16. The van der Waals surface area contributed by atoms with Crippen molar-refractivity contribution in [1.29, 1.82) is 0 Å². The molecule has 0 radical (unpaired) electrons. The van der Waals surface area contributed by atoms with E-state index in [0.29, 0.717) is 5.56 Å². The Morgan fingerprint density at radius 3 is 2.36 bits per heavy atom. The van der Waals surface area contributed by atoms with Crippen molar-refractivity contribution in [2.45, 2.75) is 25.8 Å². The molecule has 1 atom stereocenters. The van der Waals surface area contributed by atoms with Crippen LogP contribution < -0.4 is 10.1 Å². The number of hydrogen-bond donors (Lipinski definition) is 1. The quantitative estimate of drug-likeness (QED) is 0.591. The lowest BCUT2D eigenvalue weighted by molar-refractivity contribution is 0.0943. The van der Waals surface area contributed by atoms with E-state index in [-0.39, 0.29) is 11.8 Å². The van der Waals surface area contributed by atoms with E-state index in [0.717, 1.165) is 30.7 Å². The number of methoxy groups -OCH3 is 1. The van der Waals surface area contributed by atoms with Crippen LogP contribution in [0.25, 0.3) is 0 Å². The van der Waals surface area contributed by atoms with Gasteiger partial charge in [0.2, 0.25) is 0 Å². The maximum absolute atomic E-state index is 12.8. The molecule has 3 heteroatoms. The van der Waals surface area contributed by atoms with Gasteiger partial charge in [-0.3, -0.25) is 4.79 Å². The smallest absolute Gasteiger partial charge is 0.184 e. The third-order valence-electron chi connectivity index (χ3n) is 3.65. The molecule has 2 aromatic rings. The zero-order chi connectivity index (χ0) is 15.8. The number of benzene rings is 2. The zero-order valence-corrected chi connectivity index (χ0v) is 13.2. The lowest BCUT2D eigenvalue weighted by Crippen LogP contribution is -2.29. The minimum Gasteiger partial charge on any atom is -0.497 e. The van der Waals surface area contributed by atoms with Crippen LogP contribution in [0.15, 0.2) is 54.6 Å². The highest BCUT2D eigenvalue weighted by atomic mass is 16.5. The van der Waals surface area contributed by atoms with E-state index in [4.69, 9.17) is 4.74 Å². The lowest BCUT2D eigenvalue weighted by atomic mass is 9.97. The van der Waals surface area contributed by atoms with Gasteiger partial charge in [-0.25, -0.2) is 0 Å². The Labute approximate surface area is 132 Å². The summed E-state index contributed by atoms with van der Waals surface area (Å²) in [7, 11) is 1.62. The van der Waals surface area contributed by atoms with E-state index in [9.17, 15) is 4.79 Å². The van der Waals surface area contributed by atoms with E-state index >= 15 is 0 Å². The van der Waals surface area contributed by atoms with Crippen molar-refractivity contribution in [1.82, 2.24) is 5.32 Å². The first-order valence-corrected chi connectivity index (χ1v) is 7.73. The van der Waals surface area contributed by atoms with Crippen molar-refractivity contribution in [2.75, 3.05) is 13.7 Å². The van der Waals surface area contributed by atoms with Crippen LogP contribution in [-0.4, -0.2) is 19.4 Å². The van der Waals surface area contributed by atoms with Gasteiger partial charge in [0.05, 0.1) is 13.2 Å². The standard InChI is InChI=1S/C19H23NO2/c1-3-4-14-20-18(15-8-6-5-7-9-15)19(21)16-10-12-17(22-2)13-11-16/h5-13,18,20H,3-4,14H2,1-2H3/t18-/m0/s1. The number of ketones is 1. The summed E-state index contributed by atoms with van der Waals surface area (Å²) in [6, 6.07) is 16.8. The number of Topliss-reactive ketones (excluding diaryl/α,β-unsaturated/α-hetero) is 1. The van der Waals surface area contributed by atoms with Gasteiger partial charge >= 0.3 is 0 Å². The van der Waals surface area contributed by atoms with E-state index < -0.39 is 0 Å². The fourth-order valence-corrected chi connectivity index (χ4v) is 2.35. The minimum atomic E-state index is -0.304. The van der Waals surface area contributed by atoms with E-state index in [1.54, 1.807) is 7.11 Å². The number of unbranched alkanes of at least 4 members (excludes halogenated alkanes) is 1. The maximum atomic E-state index is 12.8. The molecule has 0 spiro atoms. The molecule has 0 aromatic heterocycles. The minimum absolute atomic E-state index is 0.0879. The van der Waals surface area contributed by atoms with E-state index in [2.05, 4.69) is 12.2 Å². The lowest BCUT2D eigenvalue weighted by Gasteiger charge is -2.18. The Morgan fingerprint density at radius 1 is 1.09 bits per heavy atom. The van der Waals surface area contributed by atoms with Crippen LogP contribution >= 0.6 is 0 Å². The number of ether oxygens (including phenoxy) is 1. The van der Waals surface area contributed by atoms with Gasteiger partial charge in [-0.05, 0) is 42.8 Å². The molecule has 2 rings (SSSR count). The van der Waals surface area contributed by atoms with Gasteiger partial charge < -0.3 is 10.1 Å². The molecule has 3 nitrogen and oxygen atoms in total. The Kier molecular flexibility index (Phi) is 6.16. The summed E-state index contributed by atoms with van der Waals surface area (Å²) < 4.78 is 5.15. The average Bonchev–Trinajstić information content (AvgIpc) is 2.59. The summed E-state index contributed by atoms with van der Waals surface area (Å²) in [5.41, 5.74) is 1.69. The number of hydrogen-bond acceptors (Lipinski definition) is 3. The third-order valence-corrected chi connectivity index (χ3v) is 3.65. The SMILES string of the molecule is CCCCN[C@H](C(=O)c1ccc(OC)cc1)c1ccccc1. The normalized spacial score (nSPS) is 11.9. The summed E-state index contributed by atoms with van der Waals surface area (Å²) in [5, 5.41) is 3.38. The molecule has 0 aliphatic heterocycles. The predicted molar refractivity (Wildman–Crippen MR) is 89.4 cm³/mol. The Morgan fingerprint density at radius 2 is 1.77 bits per heavy atom. The second-order valence-electron chi connectivity index (χ2n) is 5.24. The van der Waals surface area contributed by atoms with E-state index in [1.165, 1.54) is 0 Å². The Hall–Kier alpha value is -2.13. The van der Waals surface area contributed by atoms with E-state index in [1.807, 2.05) is 54.6 Å². The highest BCUT2D eigenvalue weighted by molar-refractivity contribution is 6.00. The fraction of sp³-hybridized carbons (Fsp3) is 0.316. The summed E-state index contributed by atoms with van der Waals surface area (Å²) in [5.74, 6) is 0.844. The predicted octanol–water partition coefficient (Wildman–Crippen LogP) is 4.01. The number of rotatable bonds is 8. The highest BCUT2D eigenvalue weighted by Gasteiger charge is 2.21. The van der Waals surface area contributed by atoms with Gasteiger partial charge in [0.1, 0.15) is 5.75 Å². The number of carbonyl (C=O) groups excluding carboxylic acids is 1. The summed E-state index contributed by atoms with van der Waals surface area (Å²) in [4.78, 5) is 12.8. The molecular formula is C19H23NO2. The van der Waals surface area contributed by atoms with Crippen LogP contribution in [0, 0.1) is 0 Å². The largest absolute Gasteiger partial charge is 0.497 e. The molecule has 0 heterocycles. The van der Waals surface area contributed by atoms with Crippen molar-refractivity contribution < 1.29 is 9.53 Å². The topological polar surface area (TPSA) is 38.3 Å². The molecule has 0 aliphatic carbocycles. The summed E-state index contributed by atoms with van der Waals surface area (Å²) in [6.45, 7) is 2.97. The number of carbonyl (C=O) groups is 1. The second-order valence-corrected chi connectivity index (χ2v) is 5.24. The van der Waals surface area contributed by atoms with Crippen molar-refractivity contribution >= 4 is 5.78 Å². The first kappa shape index (κ1) is 16.2. The van der Waals surface area contributed by atoms with Crippen molar-refractivity contribution in [3.8, 4) is 5.75 Å². The first-order valence-electron chi connectivity index (χ1n) is 7.73. The van der Waals surface area contributed by atoms with Crippen LogP contribution in [0.2, 0.25) is 0 Å². The van der Waals surface area contributed by atoms with Gasteiger partial charge in [-0.15, -0.1) is 0 Å². The Bertz CT molecular complexity index is 578. The van der Waals surface area contributed by atoms with Gasteiger partial charge in [-0.2, -0.15) is 0 Å². The molecule has 1 N–H and O–H groups in total. The van der Waals surface area contributed by atoms with Gasteiger partial charge in [0.25, 0.3) is 0 Å². The molecule has 0 amide bonds. The highest BCUT2D eigenvalue weighted by Crippen LogP contribution is 2.20. The molecule has 0 bridgehead atoms. The fourth-order valence-electron chi connectivity index (χ4n) is 2.35. The molecule has 22 heavy (non-hydrogen) atoms. The van der Waals surface area contributed by atoms with Crippen LogP contribution in [-0.2, 0) is 0 Å². The average molecular weight is 297 g/mol. The molecule has 2 aromatic carbocycles. The number of nitrogens with one attached hydrogen (secondary N) is 1. The van der Waals surface area contributed by atoms with Crippen molar-refractivity contribution in [2.24, 2.45) is 0 Å². The molecule has 0 saturated carbocycles. The zero-order valence-electron chi connectivity index (χ0n) is 13.2. The van der Waals surface area contributed by atoms with Gasteiger partial charge in [-0.1, -0.05) is 43.7 Å². The molecular weight excluding hydrogens is 274 g/mol. The van der Waals surface area contributed by atoms with Gasteiger partial charge in [0.15, 0.2) is 5.78 Å².